The van der Waals surface area contributed by atoms with Gasteiger partial charge < -0.3 is 9.64 Å². The molecule has 1 fully saturated rings. The van der Waals surface area contributed by atoms with Crippen molar-refractivity contribution in [2.45, 2.75) is 12.8 Å². The Kier molecular flexibility index (Phi) is 3.50. The molecule has 5 nitrogen and oxygen atoms in total. The number of benzene rings is 1. The van der Waals surface area contributed by atoms with Gasteiger partial charge in [-0.15, -0.1) is 0 Å². The Morgan fingerprint density at radius 2 is 2.20 bits per heavy atom. The van der Waals surface area contributed by atoms with E-state index in [4.69, 9.17) is 4.74 Å². The minimum atomic E-state index is -0.131. The number of rotatable bonds is 2. The van der Waals surface area contributed by atoms with Crippen LogP contribution in [0.1, 0.15) is 12.8 Å². The normalized spacial score (nSPS) is 19.1. The molecule has 0 bridgehead atoms. The van der Waals surface area contributed by atoms with Crippen LogP contribution in [0.4, 0.5) is 5.82 Å². The maximum Gasteiger partial charge on any atom is 0.310 e. The third kappa shape index (κ3) is 2.31. The predicted octanol–water partition coefficient (Wildman–Crippen LogP) is 2.02. The average molecular weight is 271 g/mol. The van der Waals surface area contributed by atoms with Crippen LogP contribution in [0.5, 0.6) is 0 Å². The summed E-state index contributed by atoms with van der Waals surface area (Å²) < 4.78 is 4.86. The molecule has 3 rings (SSSR count). The second kappa shape index (κ2) is 5.45. The molecule has 20 heavy (non-hydrogen) atoms. The number of hydrogen-bond donors (Lipinski definition) is 0. The Bertz CT molecular complexity index is 624. The minimum Gasteiger partial charge on any atom is -0.469 e. The van der Waals surface area contributed by atoms with Gasteiger partial charge in [-0.1, -0.05) is 12.1 Å². The van der Waals surface area contributed by atoms with Gasteiger partial charge in [-0.25, -0.2) is 9.97 Å². The van der Waals surface area contributed by atoms with Crippen molar-refractivity contribution >= 4 is 22.7 Å². The van der Waals surface area contributed by atoms with Gasteiger partial charge in [0, 0.05) is 18.5 Å². The molecule has 2 aromatic rings. The SMILES string of the molecule is COC(=O)C1CCCN(c2ncnc3ccccc23)C1. The second-order valence-electron chi connectivity index (χ2n) is 5.02. The summed E-state index contributed by atoms with van der Waals surface area (Å²) in [4.78, 5) is 22.6. The zero-order valence-electron chi connectivity index (χ0n) is 11.5. The van der Waals surface area contributed by atoms with Crippen LogP contribution in [0.25, 0.3) is 10.9 Å². The number of esters is 1. The van der Waals surface area contributed by atoms with Gasteiger partial charge in [0.05, 0.1) is 18.5 Å². The van der Waals surface area contributed by atoms with Crippen molar-refractivity contribution in [1.29, 1.82) is 0 Å². The smallest absolute Gasteiger partial charge is 0.310 e. The predicted molar refractivity (Wildman–Crippen MR) is 76.5 cm³/mol. The van der Waals surface area contributed by atoms with Gasteiger partial charge in [0.15, 0.2) is 0 Å². The van der Waals surface area contributed by atoms with Crippen molar-refractivity contribution in [1.82, 2.24) is 9.97 Å². The Morgan fingerprint density at radius 3 is 3.05 bits per heavy atom. The topological polar surface area (TPSA) is 55.3 Å². The first-order chi connectivity index (χ1) is 9.79. The van der Waals surface area contributed by atoms with Gasteiger partial charge in [-0.05, 0) is 25.0 Å². The van der Waals surface area contributed by atoms with Crippen LogP contribution in [0.3, 0.4) is 0 Å². The van der Waals surface area contributed by atoms with Crippen LogP contribution in [0.15, 0.2) is 30.6 Å². The molecule has 1 aliphatic rings. The fourth-order valence-corrected chi connectivity index (χ4v) is 2.77. The highest BCUT2D eigenvalue weighted by Crippen LogP contribution is 2.27. The summed E-state index contributed by atoms with van der Waals surface area (Å²) in [5.41, 5.74) is 0.928. The van der Waals surface area contributed by atoms with Gasteiger partial charge in [-0.3, -0.25) is 4.79 Å². The lowest BCUT2D eigenvalue weighted by molar-refractivity contribution is -0.145. The lowest BCUT2D eigenvalue weighted by atomic mass is 9.98. The van der Waals surface area contributed by atoms with Gasteiger partial charge in [-0.2, -0.15) is 0 Å². The summed E-state index contributed by atoms with van der Waals surface area (Å²) in [5, 5.41) is 1.03. The van der Waals surface area contributed by atoms with Crippen LogP contribution >= 0.6 is 0 Å². The van der Waals surface area contributed by atoms with E-state index in [9.17, 15) is 4.79 Å². The first kappa shape index (κ1) is 12.8. The highest BCUT2D eigenvalue weighted by atomic mass is 16.5. The van der Waals surface area contributed by atoms with Crippen molar-refractivity contribution < 1.29 is 9.53 Å². The molecule has 1 saturated heterocycles. The Labute approximate surface area is 117 Å². The Morgan fingerprint density at radius 1 is 1.35 bits per heavy atom. The van der Waals surface area contributed by atoms with Crippen LogP contribution < -0.4 is 4.90 Å². The molecule has 1 atom stereocenters. The molecule has 2 heterocycles. The molecule has 104 valence electrons. The maximum absolute atomic E-state index is 11.7. The second-order valence-corrected chi connectivity index (χ2v) is 5.02. The summed E-state index contributed by atoms with van der Waals surface area (Å²) in [6, 6.07) is 7.94. The minimum absolute atomic E-state index is 0.0672. The number of anilines is 1. The van der Waals surface area contributed by atoms with E-state index in [1.165, 1.54) is 7.11 Å². The molecule has 1 aliphatic heterocycles. The molecule has 0 saturated carbocycles. The number of carbonyl (C=O) groups excluding carboxylic acids is 1. The van der Waals surface area contributed by atoms with Gasteiger partial charge >= 0.3 is 5.97 Å². The number of carbonyl (C=O) groups is 1. The number of fused-ring (bicyclic) bond motifs is 1. The van der Waals surface area contributed by atoms with Crippen LogP contribution in [0, 0.1) is 5.92 Å². The lowest BCUT2D eigenvalue weighted by Gasteiger charge is -2.32. The van der Waals surface area contributed by atoms with Crippen molar-refractivity contribution in [2.24, 2.45) is 5.92 Å². The summed E-state index contributed by atoms with van der Waals surface area (Å²) >= 11 is 0. The standard InChI is InChI=1S/C15H17N3O2/c1-20-15(19)11-5-4-8-18(9-11)14-12-6-2-3-7-13(12)16-10-17-14/h2-3,6-7,10-11H,4-5,8-9H2,1H3. The van der Waals surface area contributed by atoms with E-state index in [-0.39, 0.29) is 11.9 Å². The molecule has 1 aromatic carbocycles. The Hall–Kier alpha value is -2.17. The third-order valence-corrected chi connectivity index (χ3v) is 3.78. The number of hydrogen-bond acceptors (Lipinski definition) is 5. The first-order valence-corrected chi connectivity index (χ1v) is 6.82. The van der Waals surface area contributed by atoms with Crippen molar-refractivity contribution in [3.8, 4) is 0 Å². The lowest BCUT2D eigenvalue weighted by Crippen LogP contribution is -2.39. The fourth-order valence-electron chi connectivity index (χ4n) is 2.77. The van der Waals surface area contributed by atoms with E-state index in [0.717, 1.165) is 36.1 Å². The largest absolute Gasteiger partial charge is 0.469 e. The number of methoxy groups -OCH3 is 1. The number of aromatic nitrogens is 2. The molecule has 0 radical (unpaired) electrons. The van der Waals surface area contributed by atoms with E-state index in [2.05, 4.69) is 14.9 Å². The highest BCUT2D eigenvalue weighted by molar-refractivity contribution is 5.89. The zero-order chi connectivity index (χ0) is 13.9. The molecule has 0 aliphatic carbocycles. The van der Waals surface area contributed by atoms with Gasteiger partial charge in [0.2, 0.25) is 0 Å². The monoisotopic (exact) mass is 271 g/mol. The van der Waals surface area contributed by atoms with Gasteiger partial charge in [0.1, 0.15) is 12.1 Å². The van der Waals surface area contributed by atoms with Gasteiger partial charge in [0.25, 0.3) is 0 Å². The van der Waals surface area contributed by atoms with E-state index in [1.807, 2.05) is 24.3 Å². The molecule has 1 aromatic heterocycles. The number of ether oxygens (including phenoxy) is 1. The molecule has 5 heteroatoms. The summed E-state index contributed by atoms with van der Waals surface area (Å²) in [6.07, 6.45) is 3.43. The summed E-state index contributed by atoms with van der Waals surface area (Å²) in [5.74, 6) is 0.708. The van der Waals surface area contributed by atoms with Crippen LogP contribution in [-0.4, -0.2) is 36.1 Å². The van der Waals surface area contributed by atoms with Crippen molar-refractivity contribution in [3.05, 3.63) is 30.6 Å². The van der Waals surface area contributed by atoms with E-state index >= 15 is 0 Å². The van der Waals surface area contributed by atoms with Crippen LogP contribution in [0.2, 0.25) is 0 Å². The van der Waals surface area contributed by atoms with Crippen molar-refractivity contribution in [3.63, 3.8) is 0 Å². The summed E-state index contributed by atoms with van der Waals surface area (Å²) in [7, 11) is 1.45. The quantitative estimate of drug-likeness (QED) is 0.782. The van der Waals surface area contributed by atoms with E-state index < -0.39 is 0 Å². The number of piperidine rings is 1. The first-order valence-electron chi connectivity index (χ1n) is 6.82. The molecule has 1 unspecified atom stereocenters. The zero-order valence-corrected chi connectivity index (χ0v) is 11.5. The van der Waals surface area contributed by atoms with Crippen molar-refractivity contribution in [2.75, 3.05) is 25.1 Å². The maximum atomic E-state index is 11.7. The Balaban J connectivity index is 1.92. The molecule has 0 amide bonds. The van der Waals surface area contributed by atoms with E-state index in [1.54, 1.807) is 6.33 Å². The highest BCUT2D eigenvalue weighted by Gasteiger charge is 2.27. The summed E-state index contributed by atoms with van der Waals surface area (Å²) in [6.45, 7) is 1.57. The fraction of sp³-hybridized carbons (Fsp3) is 0.400. The molecule has 0 N–H and O–H groups in total. The molecular weight excluding hydrogens is 254 g/mol. The number of para-hydroxylation sites is 1. The number of nitrogens with zero attached hydrogens (tertiary/aromatic N) is 3. The molecule has 0 spiro atoms. The average Bonchev–Trinajstić information content (AvgIpc) is 2.53. The third-order valence-electron chi connectivity index (χ3n) is 3.78. The molecular formula is C15H17N3O2. The van der Waals surface area contributed by atoms with E-state index in [0.29, 0.717) is 6.54 Å². The van der Waals surface area contributed by atoms with Crippen LogP contribution in [-0.2, 0) is 9.53 Å².